The van der Waals surface area contributed by atoms with Gasteiger partial charge < -0.3 is 14.2 Å². The molecule has 0 bridgehead atoms. The van der Waals surface area contributed by atoms with Gasteiger partial charge in [-0.2, -0.15) is 0 Å². The lowest BCUT2D eigenvalue weighted by atomic mass is 10.2. The molecule has 0 saturated carbocycles. The Balaban J connectivity index is 1.66. The zero-order valence-electron chi connectivity index (χ0n) is 22.5. The molecule has 0 aliphatic heterocycles. The Morgan fingerprint density at radius 3 is 1.59 bits per heavy atom. The van der Waals surface area contributed by atoms with E-state index in [1.54, 1.807) is 12.4 Å². The fourth-order valence-electron chi connectivity index (χ4n) is 3.74. The standard InChI is InChI=1S/C32H36NO3S/c1-31(2,3)35-25-10-14-28(15-11-25)37(29-16-12-26(13-17-29)36-32(4,5)6)30-9-7-8-27(22-30)34-23-24-18-20-33-21-19-24/h7-22H,23H2,1-6H3/q+1. The Kier molecular flexibility index (Phi) is 8.13. The maximum absolute atomic E-state index is 6.14. The van der Waals surface area contributed by atoms with Crippen molar-refractivity contribution >= 4 is 10.9 Å². The molecule has 0 saturated heterocycles. The van der Waals surface area contributed by atoms with Gasteiger partial charge in [0.05, 0.1) is 10.9 Å². The second-order valence-electron chi connectivity index (χ2n) is 10.8. The van der Waals surface area contributed by atoms with E-state index < -0.39 is 0 Å². The number of ether oxygens (including phenoxy) is 3. The number of benzene rings is 3. The lowest BCUT2D eigenvalue weighted by molar-refractivity contribution is 0.130. The summed E-state index contributed by atoms with van der Waals surface area (Å²) in [4.78, 5) is 7.68. The highest BCUT2D eigenvalue weighted by Gasteiger charge is 2.30. The molecule has 37 heavy (non-hydrogen) atoms. The average Bonchev–Trinajstić information content (AvgIpc) is 2.84. The van der Waals surface area contributed by atoms with Gasteiger partial charge in [0.1, 0.15) is 35.1 Å². The van der Waals surface area contributed by atoms with Crippen molar-refractivity contribution in [3.05, 3.63) is 103 Å². The molecule has 0 radical (unpaired) electrons. The molecule has 0 aliphatic carbocycles. The highest BCUT2D eigenvalue weighted by molar-refractivity contribution is 7.97. The summed E-state index contributed by atoms with van der Waals surface area (Å²) in [5.41, 5.74) is 0.599. The minimum atomic E-state index is -0.337. The van der Waals surface area contributed by atoms with Gasteiger partial charge in [0.25, 0.3) is 0 Å². The average molecular weight is 515 g/mol. The number of rotatable bonds is 8. The molecular formula is C32H36NO3S+. The number of pyridine rings is 1. The smallest absolute Gasteiger partial charge is 0.170 e. The molecule has 192 valence electrons. The van der Waals surface area contributed by atoms with E-state index in [1.165, 1.54) is 14.7 Å². The van der Waals surface area contributed by atoms with Crippen LogP contribution in [0.25, 0.3) is 0 Å². The van der Waals surface area contributed by atoms with Crippen LogP contribution >= 0.6 is 0 Å². The van der Waals surface area contributed by atoms with E-state index in [-0.39, 0.29) is 22.1 Å². The maximum atomic E-state index is 6.14. The predicted molar refractivity (Wildman–Crippen MR) is 151 cm³/mol. The number of hydrogen-bond acceptors (Lipinski definition) is 4. The van der Waals surface area contributed by atoms with Gasteiger partial charge in [0, 0.05) is 18.5 Å². The van der Waals surface area contributed by atoms with Crippen molar-refractivity contribution in [2.45, 2.75) is 74.0 Å². The van der Waals surface area contributed by atoms with E-state index in [0.717, 1.165) is 22.8 Å². The van der Waals surface area contributed by atoms with Gasteiger partial charge in [-0.05, 0) is 120 Å². The molecular weight excluding hydrogens is 478 g/mol. The summed E-state index contributed by atoms with van der Waals surface area (Å²) in [5, 5.41) is 0. The first kappa shape index (κ1) is 26.6. The first-order valence-corrected chi connectivity index (χ1v) is 13.7. The summed E-state index contributed by atoms with van der Waals surface area (Å²) in [6, 6.07) is 29.2. The molecule has 0 unspecified atom stereocenters. The summed E-state index contributed by atoms with van der Waals surface area (Å²) in [6.07, 6.45) is 3.57. The molecule has 5 heteroatoms. The van der Waals surface area contributed by atoms with E-state index in [2.05, 4.69) is 113 Å². The highest BCUT2D eigenvalue weighted by atomic mass is 32.2. The van der Waals surface area contributed by atoms with Crippen molar-refractivity contribution in [2.24, 2.45) is 0 Å². The van der Waals surface area contributed by atoms with Gasteiger partial charge >= 0.3 is 0 Å². The van der Waals surface area contributed by atoms with Crippen LogP contribution in [-0.2, 0) is 17.5 Å². The van der Waals surface area contributed by atoms with Gasteiger partial charge in [-0.1, -0.05) is 6.07 Å². The first-order chi connectivity index (χ1) is 17.6. The molecule has 3 aromatic carbocycles. The third kappa shape index (κ3) is 8.02. The second-order valence-corrected chi connectivity index (χ2v) is 12.8. The first-order valence-electron chi connectivity index (χ1n) is 12.5. The van der Waals surface area contributed by atoms with Crippen molar-refractivity contribution in [1.82, 2.24) is 4.98 Å². The van der Waals surface area contributed by atoms with Crippen LogP contribution in [0.1, 0.15) is 47.1 Å². The van der Waals surface area contributed by atoms with Crippen LogP contribution in [0.3, 0.4) is 0 Å². The van der Waals surface area contributed by atoms with Crippen molar-refractivity contribution in [1.29, 1.82) is 0 Å². The summed E-state index contributed by atoms with van der Waals surface area (Å²) in [7, 11) is -0.337. The molecule has 1 aromatic heterocycles. The lowest BCUT2D eigenvalue weighted by Crippen LogP contribution is -2.23. The molecule has 0 spiro atoms. The second kappa shape index (κ2) is 11.3. The molecule has 0 amide bonds. The molecule has 1 heterocycles. The Labute approximate surface area is 224 Å². The van der Waals surface area contributed by atoms with Crippen molar-refractivity contribution in [2.75, 3.05) is 0 Å². The fraction of sp³-hybridized carbons (Fsp3) is 0.281. The van der Waals surface area contributed by atoms with Gasteiger partial charge in [0.2, 0.25) is 0 Å². The molecule has 0 fully saturated rings. The van der Waals surface area contributed by atoms with E-state index in [9.17, 15) is 0 Å². The highest BCUT2D eigenvalue weighted by Crippen LogP contribution is 2.35. The van der Waals surface area contributed by atoms with Crippen LogP contribution in [0.2, 0.25) is 0 Å². The fourth-order valence-corrected chi connectivity index (χ4v) is 5.82. The number of aromatic nitrogens is 1. The SMILES string of the molecule is CC(C)(C)Oc1ccc([S+](c2ccc(OC(C)(C)C)cc2)c2cccc(OCc3ccncc3)c2)cc1. The Hall–Kier alpha value is -3.44. The summed E-state index contributed by atoms with van der Waals surface area (Å²) >= 11 is 0. The number of nitrogens with zero attached hydrogens (tertiary/aromatic N) is 1. The molecule has 4 nitrogen and oxygen atoms in total. The van der Waals surface area contributed by atoms with Gasteiger partial charge in [-0.15, -0.1) is 0 Å². The molecule has 4 rings (SSSR count). The largest absolute Gasteiger partial charge is 0.489 e. The van der Waals surface area contributed by atoms with E-state index in [0.29, 0.717) is 6.61 Å². The molecule has 0 atom stereocenters. The third-order valence-electron chi connectivity index (χ3n) is 5.16. The van der Waals surface area contributed by atoms with Gasteiger partial charge in [0.15, 0.2) is 14.7 Å². The van der Waals surface area contributed by atoms with E-state index in [4.69, 9.17) is 14.2 Å². The van der Waals surface area contributed by atoms with Crippen molar-refractivity contribution < 1.29 is 14.2 Å². The Morgan fingerprint density at radius 2 is 1.11 bits per heavy atom. The molecule has 0 aliphatic rings. The minimum Gasteiger partial charge on any atom is -0.489 e. The third-order valence-corrected chi connectivity index (χ3v) is 7.38. The zero-order chi connectivity index (χ0) is 26.5. The lowest BCUT2D eigenvalue weighted by Gasteiger charge is -2.21. The summed E-state index contributed by atoms with van der Waals surface area (Å²) < 4.78 is 18.3. The monoisotopic (exact) mass is 514 g/mol. The summed E-state index contributed by atoms with van der Waals surface area (Å²) in [5.74, 6) is 2.57. The van der Waals surface area contributed by atoms with Gasteiger partial charge in [-0.3, -0.25) is 4.98 Å². The summed E-state index contributed by atoms with van der Waals surface area (Å²) in [6.45, 7) is 12.9. The van der Waals surface area contributed by atoms with Crippen LogP contribution in [0.15, 0.2) is 112 Å². The van der Waals surface area contributed by atoms with E-state index in [1.807, 2.05) is 18.2 Å². The topological polar surface area (TPSA) is 40.6 Å². The van der Waals surface area contributed by atoms with Crippen LogP contribution in [0.5, 0.6) is 17.2 Å². The quantitative estimate of drug-likeness (QED) is 0.223. The van der Waals surface area contributed by atoms with Crippen LogP contribution in [0.4, 0.5) is 0 Å². The van der Waals surface area contributed by atoms with E-state index >= 15 is 0 Å². The van der Waals surface area contributed by atoms with Crippen LogP contribution in [-0.4, -0.2) is 16.2 Å². The number of hydrogen-bond donors (Lipinski definition) is 0. The molecule has 0 N–H and O–H groups in total. The van der Waals surface area contributed by atoms with Crippen molar-refractivity contribution in [3.8, 4) is 17.2 Å². The minimum absolute atomic E-state index is 0.243. The predicted octanol–water partition coefficient (Wildman–Crippen LogP) is 8.11. The Bertz CT molecular complexity index is 1220. The maximum Gasteiger partial charge on any atom is 0.170 e. The van der Waals surface area contributed by atoms with Crippen LogP contribution < -0.4 is 14.2 Å². The van der Waals surface area contributed by atoms with Crippen molar-refractivity contribution in [3.63, 3.8) is 0 Å². The normalized spacial score (nSPS) is 11.9. The Morgan fingerprint density at radius 1 is 0.595 bits per heavy atom. The zero-order valence-corrected chi connectivity index (χ0v) is 23.3. The molecule has 4 aromatic rings. The van der Waals surface area contributed by atoms with Crippen LogP contribution in [0, 0.1) is 0 Å². The van der Waals surface area contributed by atoms with Gasteiger partial charge in [-0.25, -0.2) is 0 Å².